The Kier molecular flexibility index (Phi) is 4.98. The normalized spacial score (nSPS) is 25.2. The number of halogens is 1. The molecule has 3 aromatic rings. The van der Waals surface area contributed by atoms with Crippen molar-refractivity contribution in [1.29, 1.82) is 0 Å². The van der Waals surface area contributed by atoms with Crippen molar-refractivity contribution in [2.45, 2.75) is 31.1 Å². The smallest absolute Gasteiger partial charge is 0.165 e. The third kappa shape index (κ3) is 3.38. The van der Waals surface area contributed by atoms with Crippen LogP contribution in [0.1, 0.15) is 11.8 Å². The molecule has 0 aliphatic carbocycles. The molecule has 27 heavy (non-hydrogen) atoms. The number of imidazole rings is 1. The Morgan fingerprint density at radius 2 is 1.96 bits per heavy atom. The lowest BCUT2D eigenvalue weighted by Crippen LogP contribution is -2.33. The summed E-state index contributed by atoms with van der Waals surface area (Å²) >= 11 is 6.18. The lowest BCUT2D eigenvalue weighted by Gasteiger charge is -2.17. The first-order chi connectivity index (χ1) is 13.1. The zero-order chi connectivity index (χ0) is 19.0. The van der Waals surface area contributed by atoms with Crippen LogP contribution in [0.2, 0.25) is 5.15 Å². The van der Waals surface area contributed by atoms with E-state index in [1.165, 1.54) is 10.9 Å². The Balaban J connectivity index is 1.66. The minimum atomic E-state index is -1.22. The van der Waals surface area contributed by atoms with E-state index in [1.54, 1.807) is 6.07 Å². The number of hydrogen-bond donors (Lipinski definition) is 4. The molecule has 142 valence electrons. The van der Waals surface area contributed by atoms with Gasteiger partial charge in [0.15, 0.2) is 11.9 Å². The maximum absolute atomic E-state index is 10.3. The quantitative estimate of drug-likeness (QED) is 0.486. The molecule has 3 heterocycles. The van der Waals surface area contributed by atoms with E-state index in [0.717, 1.165) is 5.56 Å². The Morgan fingerprint density at radius 1 is 1.19 bits per heavy atom. The summed E-state index contributed by atoms with van der Waals surface area (Å²) in [6.45, 7) is 0.177. The Bertz CT molecular complexity index is 936. The first-order valence-electron chi connectivity index (χ1n) is 8.52. The van der Waals surface area contributed by atoms with Crippen molar-refractivity contribution in [3.63, 3.8) is 0 Å². The first kappa shape index (κ1) is 18.1. The van der Waals surface area contributed by atoms with Crippen LogP contribution in [0.15, 0.2) is 42.7 Å². The molecule has 0 radical (unpaired) electrons. The van der Waals surface area contributed by atoms with Crippen LogP contribution in [0.3, 0.4) is 0 Å². The highest BCUT2D eigenvalue weighted by atomic mass is 35.5. The lowest BCUT2D eigenvalue weighted by atomic mass is 10.1. The highest BCUT2D eigenvalue weighted by molar-refractivity contribution is 6.30. The van der Waals surface area contributed by atoms with Crippen molar-refractivity contribution in [2.75, 3.05) is 11.9 Å². The molecule has 0 spiro atoms. The molecule has 4 atom stereocenters. The number of anilines is 1. The van der Waals surface area contributed by atoms with E-state index in [1.807, 2.05) is 30.3 Å². The van der Waals surface area contributed by atoms with Crippen LogP contribution in [0.25, 0.3) is 11.2 Å². The Hall–Kier alpha value is -2.23. The van der Waals surface area contributed by atoms with Crippen molar-refractivity contribution in [3.8, 4) is 0 Å². The van der Waals surface area contributed by atoms with Gasteiger partial charge in [-0.15, -0.1) is 0 Å². The fraction of sp³-hybridized carbons (Fsp3) is 0.333. The van der Waals surface area contributed by atoms with E-state index in [-0.39, 0.29) is 5.15 Å². The number of ether oxygens (including phenoxy) is 1. The van der Waals surface area contributed by atoms with Crippen molar-refractivity contribution < 1.29 is 20.1 Å². The molecule has 0 bridgehead atoms. The first-order valence-corrected chi connectivity index (χ1v) is 8.89. The maximum atomic E-state index is 10.3. The third-order valence-corrected chi connectivity index (χ3v) is 4.81. The summed E-state index contributed by atoms with van der Waals surface area (Å²) in [5.74, 6) is 0. The van der Waals surface area contributed by atoms with Crippen molar-refractivity contribution in [2.24, 2.45) is 0 Å². The molecule has 9 heteroatoms. The van der Waals surface area contributed by atoms with Gasteiger partial charge in [-0.05, 0) is 5.56 Å². The molecular formula is C18H19ClN4O4. The van der Waals surface area contributed by atoms with E-state index < -0.39 is 31.1 Å². The second-order valence-corrected chi connectivity index (χ2v) is 6.77. The molecule has 1 unspecified atom stereocenters. The lowest BCUT2D eigenvalue weighted by molar-refractivity contribution is -0.0511. The average Bonchev–Trinajstić information content (AvgIpc) is 3.22. The summed E-state index contributed by atoms with van der Waals surface area (Å²) < 4.78 is 7.08. The van der Waals surface area contributed by atoms with Gasteiger partial charge < -0.3 is 25.4 Å². The number of hydrogen-bond acceptors (Lipinski definition) is 7. The monoisotopic (exact) mass is 390 g/mol. The number of aliphatic hydroxyl groups is 3. The van der Waals surface area contributed by atoms with E-state index in [9.17, 15) is 15.3 Å². The van der Waals surface area contributed by atoms with Crippen molar-refractivity contribution in [1.82, 2.24) is 14.5 Å². The van der Waals surface area contributed by atoms with E-state index in [4.69, 9.17) is 16.3 Å². The second-order valence-electron chi connectivity index (χ2n) is 6.38. The summed E-state index contributed by atoms with van der Waals surface area (Å²) in [5, 5.41) is 33.1. The molecule has 1 aliphatic rings. The van der Waals surface area contributed by atoms with Crippen molar-refractivity contribution in [3.05, 3.63) is 53.4 Å². The topological polar surface area (TPSA) is 113 Å². The molecule has 4 N–H and O–H groups in total. The predicted octanol–water partition coefficient (Wildman–Crippen LogP) is 1.31. The van der Waals surface area contributed by atoms with Crippen LogP contribution in [-0.4, -0.2) is 54.8 Å². The van der Waals surface area contributed by atoms with Gasteiger partial charge in [-0.1, -0.05) is 41.9 Å². The number of nitrogens with one attached hydrogen (secondary N) is 1. The number of aliphatic hydroxyl groups excluding tert-OH is 3. The zero-order valence-electron chi connectivity index (χ0n) is 14.2. The summed E-state index contributed by atoms with van der Waals surface area (Å²) in [5.41, 5.74) is 2.77. The van der Waals surface area contributed by atoms with Crippen LogP contribution in [0.5, 0.6) is 0 Å². The van der Waals surface area contributed by atoms with Crippen LogP contribution >= 0.6 is 11.6 Å². The molecule has 2 aromatic heterocycles. The van der Waals surface area contributed by atoms with Crippen LogP contribution in [0.4, 0.5) is 5.69 Å². The van der Waals surface area contributed by atoms with Gasteiger partial charge in [0.25, 0.3) is 0 Å². The van der Waals surface area contributed by atoms with Crippen molar-refractivity contribution >= 4 is 28.5 Å². The van der Waals surface area contributed by atoms with Crippen LogP contribution < -0.4 is 5.32 Å². The molecule has 4 rings (SSSR count). The molecule has 8 nitrogen and oxygen atoms in total. The largest absolute Gasteiger partial charge is 0.394 e. The van der Waals surface area contributed by atoms with Gasteiger partial charge in [0.2, 0.25) is 0 Å². The van der Waals surface area contributed by atoms with Crippen LogP contribution in [0, 0.1) is 0 Å². The second kappa shape index (κ2) is 7.41. The van der Waals surface area contributed by atoms with Gasteiger partial charge >= 0.3 is 0 Å². The summed E-state index contributed by atoms with van der Waals surface area (Å²) in [4.78, 5) is 8.67. The number of aromatic nitrogens is 3. The zero-order valence-corrected chi connectivity index (χ0v) is 15.0. The fourth-order valence-electron chi connectivity index (χ4n) is 3.20. The molecule has 1 aliphatic heterocycles. The molecular weight excluding hydrogens is 372 g/mol. The van der Waals surface area contributed by atoms with Gasteiger partial charge in [0.1, 0.15) is 29.0 Å². The highest BCUT2D eigenvalue weighted by Crippen LogP contribution is 2.33. The van der Waals surface area contributed by atoms with E-state index in [2.05, 4.69) is 15.3 Å². The molecule has 0 amide bonds. The summed E-state index contributed by atoms with van der Waals surface area (Å²) in [7, 11) is 0. The van der Waals surface area contributed by atoms with Gasteiger partial charge in [0.05, 0.1) is 18.6 Å². The van der Waals surface area contributed by atoms with Gasteiger partial charge in [-0.25, -0.2) is 9.97 Å². The van der Waals surface area contributed by atoms with Gasteiger partial charge in [-0.2, -0.15) is 0 Å². The minimum Gasteiger partial charge on any atom is -0.394 e. The average molecular weight is 391 g/mol. The Morgan fingerprint density at radius 3 is 2.67 bits per heavy atom. The van der Waals surface area contributed by atoms with E-state index >= 15 is 0 Å². The van der Waals surface area contributed by atoms with Gasteiger partial charge in [-0.3, -0.25) is 4.57 Å². The molecule has 0 saturated carbocycles. The number of fused-ring (bicyclic) bond motifs is 1. The minimum absolute atomic E-state index is 0.256. The van der Waals surface area contributed by atoms with Gasteiger partial charge in [0, 0.05) is 12.6 Å². The summed E-state index contributed by atoms with van der Waals surface area (Å²) in [6.07, 6.45) is -2.75. The third-order valence-electron chi connectivity index (χ3n) is 4.62. The SMILES string of the molecule is OC[C@H]1O[C@H](n2cnc3c(NCc4ccccc4)cc(Cl)nc32)C(O)[C@@H]1O. The number of pyridine rings is 1. The number of nitrogens with zero attached hydrogens (tertiary/aromatic N) is 3. The maximum Gasteiger partial charge on any atom is 0.165 e. The number of rotatable bonds is 5. The number of benzene rings is 1. The summed E-state index contributed by atoms with van der Waals surface area (Å²) in [6, 6.07) is 11.6. The standard InChI is InChI=1S/C18H19ClN4O4/c19-13-6-11(20-7-10-4-2-1-3-5-10)14-17(22-13)23(9-21-14)18-16(26)15(25)12(8-24)27-18/h1-6,9,12,15-16,18,24-26H,7-8H2,(H,20,22)/t12-,15-,16?,18+/m1/s1. The molecule has 1 saturated heterocycles. The molecule has 1 fully saturated rings. The highest BCUT2D eigenvalue weighted by Gasteiger charge is 2.44. The Labute approximate surface area is 160 Å². The van der Waals surface area contributed by atoms with Crippen LogP contribution in [-0.2, 0) is 11.3 Å². The predicted molar refractivity (Wildman–Crippen MR) is 99.3 cm³/mol. The molecule has 1 aromatic carbocycles. The van der Waals surface area contributed by atoms with E-state index in [0.29, 0.717) is 23.4 Å². The fourth-order valence-corrected chi connectivity index (χ4v) is 3.39.